The van der Waals surface area contributed by atoms with E-state index in [1.807, 2.05) is 18.5 Å². The highest BCUT2D eigenvalue weighted by atomic mass is 16.5. The quantitative estimate of drug-likeness (QED) is 0.451. The molecule has 0 bridgehead atoms. The third kappa shape index (κ3) is 4.17. The van der Waals surface area contributed by atoms with E-state index in [0.717, 1.165) is 72.0 Å². The molecule has 3 aromatic heterocycles. The molecule has 1 aromatic carbocycles. The first-order valence-corrected chi connectivity index (χ1v) is 11.9. The lowest BCUT2D eigenvalue weighted by Gasteiger charge is -2.34. The van der Waals surface area contributed by atoms with Crippen LogP contribution in [0.15, 0.2) is 36.8 Å². The number of aromatic amines is 1. The van der Waals surface area contributed by atoms with E-state index >= 15 is 0 Å². The Labute approximate surface area is 197 Å². The van der Waals surface area contributed by atoms with Gasteiger partial charge in [-0.2, -0.15) is 4.98 Å². The van der Waals surface area contributed by atoms with Crippen LogP contribution in [-0.4, -0.2) is 75.3 Å². The molecule has 0 spiro atoms. The molecule has 0 atom stereocenters. The van der Waals surface area contributed by atoms with Gasteiger partial charge < -0.3 is 24.7 Å². The predicted molar refractivity (Wildman–Crippen MR) is 131 cm³/mol. The van der Waals surface area contributed by atoms with Crippen molar-refractivity contribution in [2.45, 2.75) is 43.9 Å². The molecule has 6 rings (SSSR count). The zero-order chi connectivity index (χ0) is 23.1. The van der Waals surface area contributed by atoms with Crippen LogP contribution in [0.2, 0.25) is 0 Å². The molecule has 4 heterocycles. The molecule has 1 aliphatic carbocycles. The molecule has 0 amide bonds. The van der Waals surface area contributed by atoms with Gasteiger partial charge in [-0.05, 0) is 50.4 Å². The zero-order valence-corrected chi connectivity index (χ0v) is 19.5. The number of aromatic nitrogens is 5. The Hall–Kier alpha value is -3.30. The second-order valence-electron chi connectivity index (χ2n) is 9.36. The molecule has 0 radical (unpaired) electrons. The maximum atomic E-state index is 6.14. The Bertz CT molecular complexity index is 1310. The van der Waals surface area contributed by atoms with E-state index in [-0.39, 0.29) is 6.10 Å². The summed E-state index contributed by atoms with van der Waals surface area (Å²) in [6.07, 6.45) is 10.1. The van der Waals surface area contributed by atoms with Crippen molar-refractivity contribution in [3.05, 3.63) is 36.8 Å². The van der Waals surface area contributed by atoms with E-state index in [9.17, 15) is 0 Å². The van der Waals surface area contributed by atoms with Crippen LogP contribution >= 0.6 is 0 Å². The molecule has 176 valence electrons. The molecule has 2 aliphatic rings. The third-order valence-electron chi connectivity index (χ3n) is 6.98. The summed E-state index contributed by atoms with van der Waals surface area (Å²) in [7, 11) is 3.90. The number of hydrogen-bond donors (Lipinski definition) is 2. The first-order chi connectivity index (χ1) is 16.6. The van der Waals surface area contributed by atoms with Gasteiger partial charge in [0.15, 0.2) is 0 Å². The number of benzene rings is 1. The van der Waals surface area contributed by atoms with Crippen LogP contribution < -0.4 is 10.1 Å². The van der Waals surface area contributed by atoms with Crippen LogP contribution in [-0.2, 0) is 4.74 Å². The fourth-order valence-corrected chi connectivity index (χ4v) is 4.77. The number of likely N-dealkylation sites (tertiary alicyclic amines) is 1. The van der Waals surface area contributed by atoms with Crippen molar-refractivity contribution in [2.24, 2.45) is 0 Å². The topological polar surface area (TPSA) is 101 Å². The molecule has 9 heteroatoms. The van der Waals surface area contributed by atoms with Crippen LogP contribution in [0.3, 0.4) is 0 Å². The summed E-state index contributed by atoms with van der Waals surface area (Å²) in [6, 6.07) is 6.47. The summed E-state index contributed by atoms with van der Waals surface area (Å²) in [5, 5.41) is 4.37. The first kappa shape index (κ1) is 21.2. The van der Waals surface area contributed by atoms with Crippen LogP contribution in [0.4, 0.5) is 5.95 Å². The van der Waals surface area contributed by atoms with Crippen LogP contribution in [0.25, 0.3) is 33.2 Å². The SMILES string of the molecule is CO[C@H]1C[C@@H](Nc2ncc3c(-c4ccc5ncc(OC6CCN(C)CC6)nc5c4)c[nH]c3n2)C1. The fraction of sp³-hybridized carbons (Fsp3) is 0.440. The number of nitrogens with zero attached hydrogens (tertiary/aromatic N) is 5. The third-order valence-corrected chi connectivity index (χ3v) is 6.98. The van der Waals surface area contributed by atoms with E-state index in [2.05, 4.69) is 49.3 Å². The average molecular weight is 460 g/mol. The molecule has 4 aromatic rings. The molecule has 9 nitrogen and oxygen atoms in total. The number of fused-ring (bicyclic) bond motifs is 2. The molecule has 1 saturated carbocycles. The first-order valence-electron chi connectivity index (χ1n) is 11.9. The van der Waals surface area contributed by atoms with Crippen molar-refractivity contribution in [3.8, 4) is 17.0 Å². The van der Waals surface area contributed by atoms with Gasteiger partial charge in [0.1, 0.15) is 11.8 Å². The van der Waals surface area contributed by atoms with Crippen LogP contribution in [0.1, 0.15) is 25.7 Å². The number of nitrogens with one attached hydrogen (secondary N) is 2. The smallest absolute Gasteiger partial charge is 0.233 e. The predicted octanol–water partition coefficient (Wildman–Crippen LogP) is 3.63. The van der Waals surface area contributed by atoms with E-state index in [1.165, 1.54) is 0 Å². The molecule has 0 unspecified atom stereocenters. The highest BCUT2D eigenvalue weighted by Crippen LogP contribution is 2.31. The number of H-pyrrole nitrogens is 1. The van der Waals surface area contributed by atoms with Gasteiger partial charge in [0, 0.05) is 49.6 Å². The largest absolute Gasteiger partial charge is 0.473 e. The lowest BCUT2D eigenvalue weighted by molar-refractivity contribution is 0.0327. The number of anilines is 1. The van der Waals surface area contributed by atoms with Gasteiger partial charge in [-0.1, -0.05) is 6.07 Å². The summed E-state index contributed by atoms with van der Waals surface area (Å²) in [5.41, 5.74) is 4.54. The van der Waals surface area contributed by atoms with Gasteiger partial charge in [-0.25, -0.2) is 15.0 Å². The lowest BCUT2D eigenvalue weighted by atomic mass is 9.89. The van der Waals surface area contributed by atoms with Gasteiger partial charge >= 0.3 is 0 Å². The average Bonchev–Trinajstić information content (AvgIpc) is 3.25. The van der Waals surface area contributed by atoms with E-state index in [4.69, 9.17) is 14.5 Å². The summed E-state index contributed by atoms with van der Waals surface area (Å²) in [5.74, 6) is 1.23. The van der Waals surface area contributed by atoms with E-state index in [1.54, 1.807) is 13.3 Å². The molecule has 1 saturated heterocycles. The molecule has 34 heavy (non-hydrogen) atoms. The number of ether oxygens (including phenoxy) is 2. The van der Waals surface area contributed by atoms with Crippen molar-refractivity contribution >= 4 is 28.0 Å². The summed E-state index contributed by atoms with van der Waals surface area (Å²) in [4.78, 5) is 24.2. The van der Waals surface area contributed by atoms with Gasteiger partial charge in [-0.15, -0.1) is 0 Å². The second-order valence-corrected chi connectivity index (χ2v) is 9.36. The van der Waals surface area contributed by atoms with Crippen molar-refractivity contribution in [1.29, 1.82) is 0 Å². The van der Waals surface area contributed by atoms with Crippen molar-refractivity contribution in [3.63, 3.8) is 0 Å². The van der Waals surface area contributed by atoms with Crippen molar-refractivity contribution < 1.29 is 9.47 Å². The Morgan fingerprint density at radius 2 is 1.88 bits per heavy atom. The number of piperidine rings is 1. The van der Waals surface area contributed by atoms with Crippen LogP contribution in [0.5, 0.6) is 5.88 Å². The molecular weight excluding hydrogens is 430 g/mol. The maximum absolute atomic E-state index is 6.14. The summed E-state index contributed by atoms with van der Waals surface area (Å²) >= 11 is 0. The molecular formula is C25H29N7O2. The molecule has 1 aliphatic heterocycles. The maximum Gasteiger partial charge on any atom is 0.233 e. The highest BCUT2D eigenvalue weighted by molar-refractivity contribution is 5.95. The van der Waals surface area contributed by atoms with Gasteiger partial charge in [0.2, 0.25) is 11.8 Å². The lowest BCUT2D eigenvalue weighted by Crippen LogP contribution is -2.40. The number of methoxy groups -OCH3 is 1. The van der Waals surface area contributed by atoms with Gasteiger partial charge in [0.05, 0.1) is 23.3 Å². The van der Waals surface area contributed by atoms with Gasteiger partial charge in [0.25, 0.3) is 0 Å². The highest BCUT2D eigenvalue weighted by Gasteiger charge is 2.29. The Balaban J connectivity index is 1.23. The standard InChI is InChI=1S/C25H29N7O2/c1-32-7-5-17(6-8-32)34-23-14-26-21-4-3-15(9-22(21)30-23)19-12-27-24-20(19)13-28-25(31-24)29-16-10-18(11-16)33-2/h3-4,9,12-14,16-18H,5-8,10-11H2,1-2H3,(H2,27,28,29,31)/t16-,18+. The van der Waals surface area contributed by atoms with Gasteiger partial charge in [-0.3, -0.25) is 0 Å². The number of rotatable bonds is 6. The van der Waals surface area contributed by atoms with Crippen molar-refractivity contribution in [1.82, 2.24) is 29.8 Å². The monoisotopic (exact) mass is 459 g/mol. The van der Waals surface area contributed by atoms with Crippen LogP contribution in [0, 0.1) is 0 Å². The molecule has 2 N–H and O–H groups in total. The number of hydrogen-bond acceptors (Lipinski definition) is 8. The minimum atomic E-state index is 0.194. The van der Waals surface area contributed by atoms with E-state index in [0.29, 0.717) is 24.0 Å². The summed E-state index contributed by atoms with van der Waals surface area (Å²) < 4.78 is 11.5. The second kappa shape index (κ2) is 8.81. The minimum Gasteiger partial charge on any atom is -0.473 e. The minimum absolute atomic E-state index is 0.194. The Kier molecular flexibility index (Phi) is 5.50. The summed E-state index contributed by atoms with van der Waals surface area (Å²) in [6.45, 7) is 2.09. The van der Waals surface area contributed by atoms with Crippen molar-refractivity contribution in [2.75, 3.05) is 32.6 Å². The Morgan fingerprint density at radius 1 is 1.03 bits per heavy atom. The fourth-order valence-electron chi connectivity index (χ4n) is 4.77. The van der Waals surface area contributed by atoms with E-state index < -0.39 is 0 Å². The zero-order valence-electron chi connectivity index (χ0n) is 19.5. The molecule has 2 fully saturated rings. The normalized spacial score (nSPS) is 21.6. The Morgan fingerprint density at radius 3 is 2.71 bits per heavy atom.